The number of rotatable bonds is 11. The molecule has 0 fully saturated rings. The fraction of sp³-hybridized carbons (Fsp3) is 0.440. The van der Waals surface area contributed by atoms with E-state index in [9.17, 15) is 18.0 Å². The van der Waals surface area contributed by atoms with E-state index in [1.807, 2.05) is 20.8 Å². The van der Waals surface area contributed by atoms with Crippen LogP contribution >= 0.6 is 23.2 Å². The Balaban J connectivity index is 2.43. The first-order valence-electron chi connectivity index (χ1n) is 11.4. The Morgan fingerprint density at radius 1 is 1.06 bits per heavy atom. The first-order chi connectivity index (χ1) is 16.4. The Morgan fingerprint density at radius 3 is 2.23 bits per heavy atom. The third-order valence-electron chi connectivity index (χ3n) is 5.84. The third kappa shape index (κ3) is 7.85. The average Bonchev–Trinajstić information content (AvgIpc) is 2.78. The summed E-state index contributed by atoms with van der Waals surface area (Å²) in [6, 6.07) is 9.29. The number of nitrogens with one attached hydrogen (secondary N) is 1. The largest absolute Gasteiger partial charge is 0.354 e. The number of sulfonamides is 1. The number of nitrogens with zero attached hydrogens (tertiary/aromatic N) is 2. The summed E-state index contributed by atoms with van der Waals surface area (Å²) < 4.78 is 26.4. The zero-order valence-electron chi connectivity index (χ0n) is 20.8. The van der Waals surface area contributed by atoms with Gasteiger partial charge in [-0.05, 0) is 62.6 Å². The van der Waals surface area contributed by atoms with Gasteiger partial charge in [0.1, 0.15) is 12.6 Å². The topological polar surface area (TPSA) is 86.8 Å². The Bertz CT molecular complexity index is 1150. The van der Waals surface area contributed by atoms with Crippen LogP contribution < -0.4 is 9.62 Å². The highest BCUT2D eigenvalue weighted by molar-refractivity contribution is 7.92. The summed E-state index contributed by atoms with van der Waals surface area (Å²) in [5, 5.41) is 3.53. The molecule has 0 heterocycles. The van der Waals surface area contributed by atoms with E-state index in [2.05, 4.69) is 5.32 Å². The van der Waals surface area contributed by atoms with Crippen LogP contribution in [0.2, 0.25) is 10.0 Å². The molecule has 0 aromatic heterocycles. The highest BCUT2D eigenvalue weighted by Crippen LogP contribution is 2.27. The Hall–Kier alpha value is -2.29. The molecular formula is C25H33Cl2N3O4S. The molecule has 0 spiro atoms. The maximum Gasteiger partial charge on any atom is 0.244 e. The lowest BCUT2D eigenvalue weighted by Gasteiger charge is -2.32. The molecule has 7 nitrogen and oxygen atoms in total. The van der Waals surface area contributed by atoms with Gasteiger partial charge in [-0.25, -0.2) is 8.42 Å². The minimum atomic E-state index is -3.80. The average molecular weight is 543 g/mol. The molecule has 2 rings (SSSR count). The van der Waals surface area contributed by atoms with Gasteiger partial charge in [-0.2, -0.15) is 0 Å². The number of amides is 2. The summed E-state index contributed by atoms with van der Waals surface area (Å²) in [5.41, 5.74) is 2.75. The smallest absolute Gasteiger partial charge is 0.244 e. The monoisotopic (exact) mass is 541 g/mol. The first kappa shape index (κ1) is 28.9. The van der Waals surface area contributed by atoms with Gasteiger partial charge in [-0.15, -0.1) is 0 Å². The molecule has 0 bridgehead atoms. The van der Waals surface area contributed by atoms with Gasteiger partial charge in [-0.3, -0.25) is 13.9 Å². The number of aryl methyl sites for hydroxylation is 2. The molecule has 1 atom stereocenters. The number of benzene rings is 2. The number of hydrogen-bond acceptors (Lipinski definition) is 4. The Morgan fingerprint density at radius 2 is 1.69 bits per heavy atom. The highest BCUT2D eigenvalue weighted by Gasteiger charge is 2.31. The van der Waals surface area contributed by atoms with Crippen LogP contribution in [-0.4, -0.2) is 50.5 Å². The molecule has 35 heavy (non-hydrogen) atoms. The zero-order valence-corrected chi connectivity index (χ0v) is 23.1. The van der Waals surface area contributed by atoms with Crippen molar-refractivity contribution in [2.24, 2.45) is 0 Å². The van der Waals surface area contributed by atoms with Crippen molar-refractivity contribution in [1.82, 2.24) is 10.2 Å². The molecule has 1 unspecified atom stereocenters. The molecule has 192 valence electrons. The van der Waals surface area contributed by atoms with Crippen LogP contribution in [-0.2, 0) is 26.2 Å². The molecule has 0 aliphatic rings. The Kier molecular flexibility index (Phi) is 10.4. The maximum atomic E-state index is 13.6. The van der Waals surface area contributed by atoms with Crippen molar-refractivity contribution in [2.75, 3.05) is 23.7 Å². The predicted octanol–water partition coefficient (Wildman–Crippen LogP) is 4.71. The van der Waals surface area contributed by atoms with Crippen LogP contribution in [0, 0.1) is 13.8 Å². The van der Waals surface area contributed by atoms with Crippen LogP contribution in [0.3, 0.4) is 0 Å². The second-order valence-electron chi connectivity index (χ2n) is 8.58. The van der Waals surface area contributed by atoms with E-state index in [0.717, 1.165) is 34.5 Å². The quantitative estimate of drug-likeness (QED) is 0.417. The summed E-state index contributed by atoms with van der Waals surface area (Å²) >= 11 is 12.7. The summed E-state index contributed by atoms with van der Waals surface area (Å²) in [6.45, 7) is 7.35. The van der Waals surface area contributed by atoms with Crippen molar-refractivity contribution in [3.8, 4) is 0 Å². The number of carbonyl (C=O) groups is 2. The van der Waals surface area contributed by atoms with Gasteiger partial charge in [-0.1, -0.05) is 48.7 Å². The van der Waals surface area contributed by atoms with E-state index in [-0.39, 0.29) is 12.5 Å². The van der Waals surface area contributed by atoms with Crippen LogP contribution in [0.1, 0.15) is 43.4 Å². The molecule has 0 radical (unpaired) electrons. The van der Waals surface area contributed by atoms with Crippen LogP contribution in [0.25, 0.3) is 0 Å². The fourth-order valence-corrected chi connectivity index (χ4v) is 4.83. The van der Waals surface area contributed by atoms with Gasteiger partial charge in [0.25, 0.3) is 0 Å². The van der Waals surface area contributed by atoms with Crippen molar-refractivity contribution in [3.63, 3.8) is 0 Å². The summed E-state index contributed by atoms with van der Waals surface area (Å²) in [7, 11) is -3.80. The van der Waals surface area contributed by atoms with Gasteiger partial charge in [0.2, 0.25) is 21.8 Å². The summed E-state index contributed by atoms with van der Waals surface area (Å²) in [5.74, 6) is -0.894. The van der Waals surface area contributed by atoms with E-state index in [1.165, 1.54) is 4.90 Å². The molecule has 2 amide bonds. The number of carbonyl (C=O) groups excluding carboxylic acids is 2. The van der Waals surface area contributed by atoms with Gasteiger partial charge in [0.15, 0.2) is 0 Å². The lowest BCUT2D eigenvalue weighted by Crippen LogP contribution is -2.51. The Labute approximate surface area is 218 Å². The van der Waals surface area contributed by atoms with Crippen molar-refractivity contribution >= 4 is 50.7 Å². The van der Waals surface area contributed by atoms with Gasteiger partial charge >= 0.3 is 0 Å². The molecular weight excluding hydrogens is 509 g/mol. The fourth-order valence-electron chi connectivity index (χ4n) is 3.47. The standard InChI is InChI=1S/C25H33Cl2N3O4S/c1-6-7-13-28-25(32)19(4)29(15-21-22(26)9-8-10-23(21)27)24(31)16-30(35(5,33)34)20-12-11-17(2)18(3)14-20/h8-12,14,19H,6-7,13,15-16H2,1-5H3,(H,28,32). The van der Waals surface area contributed by atoms with Gasteiger partial charge < -0.3 is 10.2 Å². The lowest BCUT2D eigenvalue weighted by molar-refractivity contribution is -0.139. The number of anilines is 1. The number of halogens is 2. The minimum Gasteiger partial charge on any atom is -0.354 e. The third-order valence-corrected chi connectivity index (χ3v) is 7.69. The summed E-state index contributed by atoms with van der Waals surface area (Å²) in [6.07, 6.45) is 2.76. The number of unbranched alkanes of at least 4 members (excludes halogenated alkanes) is 1. The zero-order chi connectivity index (χ0) is 26.3. The molecule has 0 saturated heterocycles. The van der Waals surface area contributed by atoms with E-state index < -0.39 is 28.5 Å². The van der Waals surface area contributed by atoms with Gasteiger partial charge in [0, 0.05) is 28.7 Å². The van der Waals surface area contributed by atoms with E-state index >= 15 is 0 Å². The predicted molar refractivity (Wildman–Crippen MR) is 142 cm³/mol. The normalized spacial score (nSPS) is 12.2. The van der Waals surface area contributed by atoms with Crippen molar-refractivity contribution in [2.45, 2.75) is 53.1 Å². The van der Waals surface area contributed by atoms with Crippen molar-refractivity contribution < 1.29 is 18.0 Å². The molecule has 10 heteroatoms. The molecule has 2 aromatic carbocycles. The van der Waals surface area contributed by atoms with E-state index in [4.69, 9.17) is 23.2 Å². The number of hydrogen-bond donors (Lipinski definition) is 1. The first-order valence-corrected chi connectivity index (χ1v) is 14.0. The second kappa shape index (κ2) is 12.6. The van der Waals surface area contributed by atoms with Gasteiger partial charge in [0.05, 0.1) is 11.9 Å². The molecule has 2 aromatic rings. The SMILES string of the molecule is CCCCNC(=O)C(C)N(Cc1c(Cl)cccc1Cl)C(=O)CN(c1ccc(C)c(C)c1)S(C)(=O)=O. The highest BCUT2D eigenvalue weighted by atomic mass is 35.5. The molecule has 0 aliphatic carbocycles. The van der Waals surface area contributed by atoms with Crippen molar-refractivity contribution in [1.29, 1.82) is 0 Å². The van der Waals surface area contributed by atoms with E-state index in [1.54, 1.807) is 43.3 Å². The van der Waals surface area contributed by atoms with Crippen LogP contribution in [0.5, 0.6) is 0 Å². The minimum absolute atomic E-state index is 0.0514. The maximum absolute atomic E-state index is 13.6. The van der Waals surface area contributed by atoms with E-state index in [0.29, 0.717) is 27.8 Å². The van der Waals surface area contributed by atoms with Crippen molar-refractivity contribution in [3.05, 3.63) is 63.1 Å². The van der Waals surface area contributed by atoms with Crippen LogP contribution in [0.4, 0.5) is 5.69 Å². The lowest BCUT2D eigenvalue weighted by atomic mass is 10.1. The summed E-state index contributed by atoms with van der Waals surface area (Å²) in [4.78, 5) is 27.8. The molecule has 0 saturated carbocycles. The molecule has 0 aliphatic heterocycles. The second-order valence-corrected chi connectivity index (χ2v) is 11.3. The van der Waals surface area contributed by atoms with Crippen LogP contribution in [0.15, 0.2) is 36.4 Å². The molecule has 1 N–H and O–H groups in total.